The Morgan fingerprint density at radius 3 is 2.55 bits per heavy atom. The van der Waals surface area contributed by atoms with Gasteiger partial charge in [0.05, 0.1) is 11.5 Å². The molecule has 1 rings (SSSR count). The number of hydrogen-bond donors (Lipinski definition) is 1. The van der Waals surface area contributed by atoms with E-state index in [-0.39, 0.29) is 11.8 Å². The Morgan fingerprint density at radius 1 is 1.27 bits per heavy atom. The second kappa shape index (κ2) is 3.11. The molecule has 1 aliphatic rings. The predicted molar refractivity (Wildman–Crippen MR) is 45.3 cm³/mol. The summed E-state index contributed by atoms with van der Waals surface area (Å²) in [6, 6.07) is 0.444. The molecule has 0 amide bonds. The third kappa shape index (κ3) is 2.79. The fraction of sp³-hybridized carbons (Fsp3) is 1.00. The fourth-order valence-electron chi connectivity index (χ4n) is 1.44. The van der Waals surface area contributed by atoms with E-state index in [2.05, 4.69) is 5.32 Å². The third-order valence-electron chi connectivity index (χ3n) is 1.93. The van der Waals surface area contributed by atoms with Gasteiger partial charge in [-0.2, -0.15) is 0 Å². The van der Waals surface area contributed by atoms with Crippen LogP contribution in [0.25, 0.3) is 0 Å². The summed E-state index contributed by atoms with van der Waals surface area (Å²) in [4.78, 5) is 0. The fourth-order valence-corrected chi connectivity index (χ4v) is 3.18. The van der Waals surface area contributed by atoms with Crippen LogP contribution < -0.4 is 5.32 Å². The highest BCUT2D eigenvalue weighted by atomic mass is 32.2. The van der Waals surface area contributed by atoms with Gasteiger partial charge in [0, 0.05) is 12.1 Å². The molecule has 4 heteroatoms. The Kier molecular flexibility index (Phi) is 2.54. The zero-order valence-corrected chi connectivity index (χ0v) is 7.82. The summed E-state index contributed by atoms with van der Waals surface area (Å²) in [5, 5.41) is 3.22. The lowest BCUT2D eigenvalue weighted by atomic mass is 10.2. The van der Waals surface area contributed by atoms with E-state index in [0.717, 1.165) is 6.42 Å². The van der Waals surface area contributed by atoms with Crippen molar-refractivity contribution >= 4 is 9.84 Å². The second-order valence-electron chi connectivity index (χ2n) is 3.37. The Morgan fingerprint density at radius 2 is 1.91 bits per heavy atom. The van der Waals surface area contributed by atoms with Gasteiger partial charge in [-0.1, -0.05) is 0 Å². The molecule has 0 aliphatic carbocycles. The minimum absolute atomic E-state index is 0.109. The molecule has 0 radical (unpaired) electrons. The standard InChI is InChI=1S/C7H15NO2S/c1-6-3-4-11(9,10)5-7(2)8-6/h6-8H,3-5H2,1-2H3. The van der Waals surface area contributed by atoms with E-state index in [1.165, 1.54) is 0 Å². The number of sulfone groups is 1. The normalized spacial score (nSPS) is 38.0. The van der Waals surface area contributed by atoms with Crippen LogP contribution in [-0.2, 0) is 9.84 Å². The van der Waals surface area contributed by atoms with Crippen molar-refractivity contribution in [2.75, 3.05) is 11.5 Å². The Balaban J connectivity index is 2.68. The number of nitrogens with one attached hydrogen (secondary N) is 1. The van der Waals surface area contributed by atoms with Crippen LogP contribution in [0.1, 0.15) is 20.3 Å². The molecule has 0 aromatic carbocycles. The van der Waals surface area contributed by atoms with Crippen molar-refractivity contribution in [3.8, 4) is 0 Å². The molecule has 1 fully saturated rings. The third-order valence-corrected chi connectivity index (χ3v) is 3.80. The molecule has 0 bridgehead atoms. The molecule has 0 spiro atoms. The van der Waals surface area contributed by atoms with Gasteiger partial charge in [-0.25, -0.2) is 8.42 Å². The first-order chi connectivity index (χ1) is 4.99. The summed E-state index contributed by atoms with van der Waals surface area (Å²) in [5.74, 6) is 0.628. The highest BCUT2D eigenvalue weighted by molar-refractivity contribution is 7.91. The van der Waals surface area contributed by atoms with Crippen molar-refractivity contribution in [2.45, 2.75) is 32.4 Å². The molecular formula is C7H15NO2S. The van der Waals surface area contributed by atoms with E-state index in [4.69, 9.17) is 0 Å². The van der Waals surface area contributed by atoms with E-state index >= 15 is 0 Å². The van der Waals surface area contributed by atoms with Crippen LogP contribution in [0, 0.1) is 0 Å². The maximum atomic E-state index is 11.2. The van der Waals surface area contributed by atoms with E-state index in [9.17, 15) is 8.42 Å². The molecule has 0 saturated carbocycles. The molecule has 3 nitrogen and oxygen atoms in total. The van der Waals surface area contributed by atoms with Crippen molar-refractivity contribution in [3.05, 3.63) is 0 Å². The average Bonchev–Trinajstić information content (AvgIpc) is 1.90. The van der Waals surface area contributed by atoms with Crippen LogP contribution >= 0.6 is 0 Å². The summed E-state index contributed by atoms with van der Waals surface area (Å²) in [7, 11) is -2.76. The van der Waals surface area contributed by atoms with Crippen LogP contribution in [0.4, 0.5) is 0 Å². The first-order valence-electron chi connectivity index (χ1n) is 3.96. The van der Waals surface area contributed by atoms with Gasteiger partial charge >= 0.3 is 0 Å². The Labute approximate surface area is 68.1 Å². The molecule has 1 saturated heterocycles. The molecule has 1 aliphatic heterocycles. The Bertz CT molecular complexity index is 223. The minimum Gasteiger partial charge on any atom is -0.311 e. The maximum absolute atomic E-state index is 11.2. The van der Waals surface area contributed by atoms with Gasteiger partial charge in [-0.05, 0) is 20.3 Å². The molecule has 2 unspecified atom stereocenters. The van der Waals surface area contributed by atoms with Crippen molar-refractivity contribution in [1.29, 1.82) is 0 Å². The van der Waals surface area contributed by atoms with Crippen LogP contribution in [0.5, 0.6) is 0 Å². The first kappa shape index (κ1) is 9.00. The summed E-state index contributed by atoms with van der Waals surface area (Å²) in [5.41, 5.74) is 0. The lowest BCUT2D eigenvalue weighted by Gasteiger charge is -2.12. The van der Waals surface area contributed by atoms with Crippen LogP contribution in [0.2, 0.25) is 0 Å². The van der Waals surface area contributed by atoms with Gasteiger partial charge in [-0.3, -0.25) is 0 Å². The van der Waals surface area contributed by atoms with Gasteiger partial charge in [-0.15, -0.1) is 0 Å². The number of hydrogen-bond acceptors (Lipinski definition) is 3. The molecule has 0 aromatic heterocycles. The summed E-state index contributed by atoms with van der Waals surface area (Å²) >= 11 is 0. The quantitative estimate of drug-likeness (QED) is 0.574. The summed E-state index contributed by atoms with van der Waals surface area (Å²) in [6.45, 7) is 3.94. The van der Waals surface area contributed by atoms with Crippen molar-refractivity contribution < 1.29 is 8.42 Å². The molecule has 66 valence electrons. The SMILES string of the molecule is CC1CCS(=O)(=O)CC(C)N1. The van der Waals surface area contributed by atoms with Crippen LogP contribution in [-0.4, -0.2) is 32.0 Å². The van der Waals surface area contributed by atoms with Crippen LogP contribution in [0.3, 0.4) is 0 Å². The van der Waals surface area contributed by atoms with Gasteiger partial charge in [0.25, 0.3) is 0 Å². The lowest BCUT2D eigenvalue weighted by Crippen LogP contribution is -2.35. The zero-order chi connectivity index (χ0) is 8.48. The second-order valence-corrected chi connectivity index (χ2v) is 5.60. The largest absolute Gasteiger partial charge is 0.311 e. The van der Waals surface area contributed by atoms with E-state index < -0.39 is 9.84 Å². The smallest absolute Gasteiger partial charge is 0.151 e. The van der Waals surface area contributed by atoms with Crippen molar-refractivity contribution in [2.24, 2.45) is 0 Å². The molecule has 2 atom stereocenters. The predicted octanol–water partition coefficient (Wildman–Crippen LogP) is 0.172. The maximum Gasteiger partial charge on any atom is 0.151 e. The van der Waals surface area contributed by atoms with Crippen LogP contribution in [0.15, 0.2) is 0 Å². The molecule has 1 N–H and O–H groups in total. The molecule has 1 heterocycles. The Hall–Kier alpha value is -0.0900. The molecule has 0 aromatic rings. The molecule has 11 heavy (non-hydrogen) atoms. The zero-order valence-electron chi connectivity index (χ0n) is 7.00. The van der Waals surface area contributed by atoms with Gasteiger partial charge in [0.2, 0.25) is 0 Å². The summed E-state index contributed by atoms with van der Waals surface area (Å²) < 4.78 is 22.4. The highest BCUT2D eigenvalue weighted by Gasteiger charge is 2.22. The topological polar surface area (TPSA) is 46.2 Å². The minimum atomic E-state index is -2.76. The number of rotatable bonds is 0. The van der Waals surface area contributed by atoms with Gasteiger partial charge in [0.1, 0.15) is 0 Å². The average molecular weight is 177 g/mol. The van der Waals surface area contributed by atoms with Crippen molar-refractivity contribution in [1.82, 2.24) is 5.32 Å². The highest BCUT2D eigenvalue weighted by Crippen LogP contribution is 2.06. The molecular weight excluding hydrogens is 162 g/mol. The van der Waals surface area contributed by atoms with Gasteiger partial charge in [0.15, 0.2) is 9.84 Å². The monoisotopic (exact) mass is 177 g/mol. The van der Waals surface area contributed by atoms with E-state index in [1.807, 2.05) is 13.8 Å². The van der Waals surface area contributed by atoms with Gasteiger partial charge < -0.3 is 5.32 Å². The van der Waals surface area contributed by atoms with Crippen molar-refractivity contribution in [3.63, 3.8) is 0 Å². The first-order valence-corrected chi connectivity index (χ1v) is 5.78. The van der Waals surface area contributed by atoms with E-state index in [0.29, 0.717) is 11.8 Å². The lowest BCUT2D eigenvalue weighted by molar-refractivity contribution is 0.494. The summed E-state index contributed by atoms with van der Waals surface area (Å²) in [6.07, 6.45) is 0.743. The van der Waals surface area contributed by atoms with E-state index in [1.54, 1.807) is 0 Å².